The van der Waals surface area contributed by atoms with E-state index in [1.165, 1.54) is 10.5 Å². The van der Waals surface area contributed by atoms with Crippen molar-refractivity contribution >= 4 is 21.6 Å². The van der Waals surface area contributed by atoms with Crippen LogP contribution in [0.5, 0.6) is 0 Å². The van der Waals surface area contributed by atoms with Crippen LogP contribution in [0, 0.1) is 0 Å². The van der Waals surface area contributed by atoms with Crippen molar-refractivity contribution in [1.82, 2.24) is 9.29 Å². The molecule has 2 rings (SSSR count). The second kappa shape index (κ2) is 5.61. The fourth-order valence-corrected chi connectivity index (χ4v) is 3.75. The van der Waals surface area contributed by atoms with E-state index in [4.69, 9.17) is 16.3 Å². The van der Waals surface area contributed by atoms with Gasteiger partial charge < -0.3 is 9.72 Å². The van der Waals surface area contributed by atoms with Gasteiger partial charge in [0.2, 0.25) is 10.0 Å². The van der Waals surface area contributed by atoms with E-state index in [0.29, 0.717) is 18.8 Å². The lowest BCUT2D eigenvalue weighted by atomic mass is 10.1. The van der Waals surface area contributed by atoms with E-state index in [-0.39, 0.29) is 16.9 Å². The molecule has 0 atom stereocenters. The molecule has 5 nitrogen and oxygen atoms in total. The zero-order valence-electron chi connectivity index (χ0n) is 10.2. The molecule has 1 fully saturated rings. The monoisotopic (exact) mass is 292 g/mol. The SMILES string of the molecule is COC1CCN(S(=O)(=O)c2c[nH]c(CCl)c2)CC1. The van der Waals surface area contributed by atoms with Crippen LogP contribution in [0.1, 0.15) is 18.5 Å². The van der Waals surface area contributed by atoms with Gasteiger partial charge in [0, 0.05) is 32.1 Å². The molecule has 1 saturated heterocycles. The van der Waals surface area contributed by atoms with E-state index in [1.807, 2.05) is 0 Å². The molecule has 0 radical (unpaired) electrons. The number of methoxy groups -OCH3 is 1. The number of hydrogen-bond donors (Lipinski definition) is 1. The summed E-state index contributed by atoms with van der Waals surface area (Å²) in [5, 5.41) is 0. The van der Waals surface area contributed by atoms with Crippen molar-refractivity contribution in [3.05, 3.63) is 18.0 Å². The van der Waals surface area contributed by atoms with Crippen molar-refractivity contribution in [3.63, 3.8) is 0 Å². The molecule has 7 heteroatoms. The lowest BCUT2D eigenvalue weighted by Crippen LogP contribution is -2.40. The molecule has 1 aromatic rings. The number of H-pyrrole nitrogens is 1. The van der Waals surface area contributed by atoms with Gasteiger partial charge >= 0.3 is 0 Å². The van der Waals surface area contributed by atoms with E-state index in [0.717, 1.165) is 12.8 Å². The highest BCUT2D eigenvalue weighted by molar-refractivity contribution is 7.89. The molecule has 18 heavy (non-hydrogen) atoms. The van der Waals surface area contributed by atoms with Gasteiger partial charge in [0.15, 0.2) is 0 Å². The van der Waals surface area contributed by atoms with Gasteiger partial charge in [-0.15, -0.1) is 11.6 Å². The molecular formula is C11H17ClN2O3S. The van der Waals surface area contributed by atoms with Gasteiger partial charge in [-0.2, -0.15) is 4.31 Å². The standard InChI is InChI=1S/C11H17ClN2O3S/c1-17-10-2-4-14(5-3-10)18(15,16)11-6-9(7-12)13-8-11/h6,8,10,13H,2-5,7H2,1H3. The van der Waals surface area contributed by atoms with Crippen molar-refractivity contribution in [3.8, 4) is 0 Å². The van der Waals surface area contributed by atoms with E-state index in [1.54, 1.807) is 13.2 Å². The number of nitrogens with zero attached hydrogens (tertiary/aromatic N) is 1. The summed E-state index contributed by atoms with van der Waals surface area (Å²) in [6.07, 6.45) is 3.14. The summed E-state index contributed by atoms with van der Waals surface area (Å²) >= 11 is 5.66. The van der Waals surface area contributed by atoms with Gasteiger partial charge in [-0.3, -0.25) is 0 Å². The Labute approximate surface area is 112 Å². The molecular weight excluding hydrogens is 276 g/mol. The number of piperidine rings is 1. The highest BCUT2D eigenvalue weighted by atomic mass is 35.5. The molecule has 102 valence electrons. The first-order chi connectivity index (χ1) is 8.57. The smallest absolute Gasteiger partial charge is 0.244 e. The third kappa shape index (κ3) is 2.71. The molecule has 1 aliphatic rings. The van der Waals surface area contributed by atoms with Gasteiger partial charge in [-0.25, -0.2) is 8.42 Å². The predicted molar refractivity (Wildman–Crippen MR) is 69.1 cm³/mol. The van der Waals surface area contributed by atoms with Crippen molar-refractivity contribution in [2.45, 2.75) is 29.7 Å². The van der Waals surface area contributed by atoms with Crippen molar-refractivity contribution in [2.75, 3.05) is 20.2 Å². The molecule has 0 spiro atoms. The lowest BCUT2D eigenvalue weighted by molar-refractivity contribution is 0.0604. The molecule has 0 saturated carbocycles. The minimum atomic E-state index is -3.40. The summed E-state index contributed by atoms with van der Waals surface area (Å²) in [6.45, 7) is 1.00. The Kier molecular flexibility index (Phi) is 4.32. The van der Waals surface area contributed by atoms with Crippen molar-refractivity contribution in [1.29, 1.82) is 0 Å². The number of ether oxygens (including phenoxy) is 1. The average Bonchev–Trinajstić information content (AvgIpc) is 2.88. The summed E-state index contributed by atoms with van der Waals surface area (Å²) in [5.74, 6) is 0.279. The highest BCUT2D eigenvalue weighted by Gasteiger charge is 2.29. The maximum absolute atomic E-state index is 12.3. The predicted octanol–water partition coefficient (Wildman–Crippen LogP) is 1.55. The molecule has 0 unspecified atom stereocenters. The first kappa shape index (κ1) is 13.9. The van der Waals surface area contributed by atoms with Crippen LogP contribution >= 0.6 is 11.6 Å². The van der Waals surface area contributed by atoms with E-state index in [2.05, 4.69) is 4.98 Å². The average molecular weight is 293 g/mol. The molecule has 0 aromatic carbocycles. The quantitative estimate of drug-likeness (QED) is 0.857. The van der Waals surface area contributed by atoms with Crippen molar-refractivity contribution in [2.24, 2.45) is 0 Å². The Morgan fingerprint density at radius 3 is 2.67 bits per heavy atom. The van der Waals surface area contributed by atoms with Crippen LogP contribution in [0.15, 0.2) is 17.2 Å². The second-order valence-electron chi connectivity index (χ2n) is 4.33. The highest BCUT2D eigenvalue weighted by Crippen LogP contribution is 2.22. The minimum absolute atomic E-state index is 0.168. The van der Waals surface area contributed by atoms with Crippen LogP contribution in [0.4, 0.5) is 0 Å². The second-order valence-corrected chi connectivity index (χ2v) is 6.54. The molecule has 1 aromatic heterocycles. The molecule has 1 N–H and O–H groups in total. The lowest BCUT2D eigenvalue weighted by Gasteiger charge is -2.30. The summed E-state index contributed by atoms with van der Waals surface area (Å²) in [5.41, 5.74) is 0.710. The van der Waals surface area contributed by atoms with Gasteiger partial charge in [0.25, 0.3) is 0 Å². The minimum Gasteiger partial charge on any atom is -0.381 e. The van der Waals surface area contributed by atoms with Crippen LogP contribution in [0.25, 0.3) is 0 Å². The fourth-order valence-electron chi connectivity index (χ4n) is 2.10. The van der Waals surface area contributed by atoms with E-state index < -0.39 is 10.0 Å². The van der Waals surface area contributed by atoms with Crippen molar-refractivity contribution < 1.29 is 13.2 Å². The molecule has 0 bridgehead atoms. The van der Waals surface area contributed by atoms with E-state index >= 15 is 0 Å². The van der Waals surface area contributed by atoms with Gasteiger partial charge in [0.1, 0.15) is 0 Å². The summed E-state index contributed by atoms with van der Waals surface area (Å²) < 4.78 is 31.4. The van der Waals surface area contributed by atoms with Crippen LogP contribution in [-0.2, 0) is 20.6 Å². The summed E-state index contributed by atoms with van der Waals surface area (Å²) in [7, 11) is -1.73. The Morgan fingerprint density at radius 1 is 1.50 bits per heavy atom. The van der Waals surface area contributed by atoms with Crippen LogP contribution < -0.4 is 0 Å². The number of aromatic nitrogens is 1. The third-order valence-corrected chi connectivity index (χ3v) is 5.40. The Bertz CT molecular complexity index is 492. The Morgan fingerprint density at radius 2 is 2.17 bits per heavy atom. The van der Waals surface area contributed by atoms with Gasteiger partial charge in [-0.05, 0) is 18.9 Å². The fraction of sp³-hybridized carbons (Fsp3) is 0.636. The Balaban J connectivity index is 2.12. The third-order valence-electron chi connectivity index (χ3n) is 3.23. The van der Waals surface area contributed by atoms with Gasteiger partial charge in [-0.1, -0.05) is 0 Å². The van der Waals surface area contributed by atoms with E-state index in [9.17, 15) is 8.42 Å². The summed E-state index contributed by atoms with van der Waals surface area (Å²) in [4.78, 5) is 3.14. The number of nitrogens with one attached hydrogen (secondary N) is 1. The number of hydrogen-bond acceptors (Lipinski definition) is 3. The number of halogens is 1. The van der Waals surface area contributed by atoms with Gasteiger partial charge in [0.05, 0.1) is 16.9 Å². The topological polar surface area (TPSA) is 62.4 Å². The zero-order valence-corrected chi connectivity index (χ0v) is 11.8. The van der Waals surface area contributed by atoms with Crippen LogP contribution in [0.2, 0.25) is 0 Å². The molecule has 1 aliphatic heterocycles. The number of rotatable bonds is 4. The molecule has 2 heterocycles. The largest absolute Gasteiger partial charge is 0.381 e. The maximum atomic E-state index is 12.3. The zero-order chi connectivity index (χ0) is 13.2. The molecule has 0 aliphatic carbocycles. The van der Waals surface area contributed by atoms with Crippen LogP contribution in [-0.4, -0.2) is 44.0 Å². The van der Waals surface area contributed by atoms with Crippen LogP contribution in [0.3, 0.4) is 0 Å². The number of aromatic amines is 1. The first-order valence-electron chi connectivity index (χ1n) is 5.84. The normalized spacial score (nSPS) is 19.2. The number of alkyl halides is 1. The number of sulfonamides is 1. The first-order valence-corrected chi connectivity index (χ1v) is 7.81. The Hall–Kier alpha value is -0.560. The molecule has 0 amide bonds. The summed E-state index contributed by atoms with van der Waals surface area (Å²) in [6, 6.07) is 1.59. The maximum Gasteiger partial charge on any atom is 0.244 e.